The van der Waals surface area contributed by atoms with E-state index in [1.807, 2.05) is 42.5 Å². The lowest BCUT2D eigenvalue weighted by Gasteiger charge is -2.06. The summed E-state index contributed by atoms with van der Waals surface area (Å²) < 4.78 is 2.24. The Labute approximate surface area is 150 Å². The van der Waals surface area contributed by atoms with Gasteiger partial charge in [0.25, 0.3) is 0 Å². The molecule has 0 aliphatic rings. The monoisotopic (exact) mass is 440 g/mol. The van der Waals surface area contributed by atoms with Crippen molar-refractivity contribution in [2.24, 2.45) is 0 Å². The van der Waals surface area contributed by atoms with Crippen molar-refractivity contribution in [2.75, 3.05) is 11.1 Å². The molecule has 0 saturated heterocycles. The predicted octanol–water partition coefficient (Wildman–Crippen LogP) is 4.77. The van der Waals surface area contributed by atoms with E-state index in [4.69, 9.17) is 0 Å². The van der Waals surface area contributed by atoms with Crippen LogP contribution in [0.1, 0.15) is 5.01 Å². The van der Waals surface area contributed by atoms with Crippen molar-refractivity contribution in [3.63, 3.8) is 0 Å². The van der Waals surface area contributed by atoms with Gasteiger partial charge < -0.3 is 5.32 Å². The molecule has 3 rings (SSSR count). The molecular weight excluding hydrogens is 427 g/mol. The molecule has 2 aromatic carbocycles. The summed E-state index contributed by atoms with van der Waals surface area (Å²) in [4.78, 5) is 16.5. The third-order valence-electron chi connectivity index (χ3n) is 2.94. The zero-order valence-corrected chi connectivity index (χ0v) is 15.4. The number of aromatic nitrogens is 1. The lowest BCUT2D eigenvalue weighted by Crippen LogP contribution is -2.14. The number of thioether (sulfide) groups is 1. The summed E-state index contributed by atoms with van der Waals surface area (Å²) in [5.41, 5.74) is 1.90. The van der Waals surface area contributed by atoms with Crippen molar-refractivity contribution in [1.82, 2.24) is 4.98 Å². The highest BCUT2D eigenvalue weighted by molar-refractivity contribution is 14.1. The molecule has 0 bridgehead atoms. The maximum Gasteiger partial charge on any atom is 0.234 e. The fourth-order valence-corrected chi connectivity index (χ4v) is 4.33. The molecule has 0 aliphatic carbocycles. The van der Waals surface area contributed by atoms with E-state index in [1.165, 1.54) is 4.70 Å². The van der Waals surface area contributed by atoms with E-state index < -0.39 is 0 Å². The Balaban J connectivity index is 1.52. The highest BCUT2D eigenvalue weighted by atomic mass is 127. The van der Waals surface area contributed by atoms with Crippen LogP contribution in [-0.2, 0) is 10.5 Å². The second-order valence-electron chi connectivity index (χ2n) is 4.60. The average molecular weight is 440 g/mol. The molecule has 0 radical (unpaired) electrons. The van der Waals surface area contributed by atoms with Crippen LogP contribution in [0.4, 0.5) is 5.69 Å². The number of benzene rings is 2. The summed E-state index contributed by atoms with van der Waals surface area (Å²) in [6.07, 6.45) is 0. The molecule has 3 nitrogen and oxygen atoms in total. The van der Waals surface area contributed by atoms with Crippen molar-refractivity contribution in [1.29, 1.82) is 0 Å². The number of fused-ring (bicyclic) bond motifs is 1. The zero-order valence-electron chi connectivity index (χ0n) is 11.6. The minimum absolute atomic E-state index is 0.0234. The van der Waals surface area contributed by atoms with Crippen molar-refractivity contribution >= 4 is 67.5 Å². The maximum absolute atomic E-state index is 12.0. The molecule has 0 saturated carbocycles. The van der Waals surface area contributed by atoms with Gasteiger partial charge in [-0.1, -0.05) is 24.3 Å². The topological polar surface area (TPSA) is 42.0 Å². The highest BCUT2D eigenvalue weighted by Gasteiger charge is 2.07. The number of hydrogen-bond acceptors (Lipinski definition) is 4. The van der Waals surface area contributed by atoms with E-state index in [9.17, 15) is 4.79 Å². The molecule has 1 aromatic heterocycles. The molecule has 0 unspecified atom stereocenters. The fourth-order valence-electron chi connectivity index (χ4n) is 1.96. The number of amides is 1. The van der Waals surface area contributed by atoms with Crippen LogP contribution in [0.5, 0.6) is 0 Å². The molecule has 3 aromatic rings. The summed E-state index contributed by atoms with van der Waals surface area (Å²) >= 11 is 5.50. The lowest BCUT2D eigenvalue weighted by molar-refractivity contribution is -0.113. The first-order valence-corrected chi connectivity index (χ1v) is 9.74. The van der Waals surface area contributed by atoms with Crippen LogP contribution < -0.4 is 5.32 Å². The van der Waals surface area contributed by atoms with Crippen molar-refractivity contribution < 1.29 is 4.79 Å². The Kier molecular flexibility index (Phi) is 5.32. The van der Waals surface area contributed by atoms with Crippen molar-refractivity contribution in [2.45, 2.75) is 5.75 Å². The number of anilines is 1. The third kappa shape index (κ3) is 3.99. The second-order valence-corrected chi connectivity index (χ2v) is 7.86. The van der Waals surface area contributed by atoms with Gasteiger partial charge in [-0.2, -0.15) is 0 Å². The largest absolute Gasteiger partial charge is 0.324 e. The number of nitrogens with one attached hydrogen (secondary N) is 1. The van der Waals surface area contributed by atoms with Gasteiger partial charge in [-0.25, -0.2) is 4.98 Å². The smallest absolute Gasteiger partial charge is 0.234 e. The van der Waals surface area contributed by atoms with Crippen LogP contribution in [-0.4, -0.2) is 16.6 Å². The Hall–Kier alpha value is -1.12. The molecule has 1 amide bonds. The maximum atomic E-state index is 12.0. The number of carbonyl (C=O) groups excluding carboxylic acids is 1. The first-order valence-electron chi connectivity index (χ1n) is 6.69. The van der Waals surface area contributed by atoms with Gasteiger partial charge in [0.1, 0.15) is 5.01 Å². The summed E-state index contributed by atoms with van der Waals surface area (Å²) in [7, 11) is 0. The Morgan fingerprint density at radius 1 is 1.18 bits per heavy atom. The molecule has 1 heterocycles. The number of thiazole rings is 1. The highest BCUT2D eigenvalue weighted by Crippen LogP contribution is 2.25. The van der Waals surface area contributed by atoms with Crippen LogP contribution in [0.15, 0.2) is 48.5 Å². The Bertz CT molecular complexity index is 770. The van der Waals surface area contributed by atoms with Crippen molar-refractivity contribution in [3.8, 4) is 0 Å². The molecule has 112 valence electrons. The number of carbonyl (C=O) groups is 1. The van der Waals surface area contributed by atoms with Gasteiger partial charge >= 0.3 is 0 Å². The van der Waals surface area contributed by atoms with E-state index in [2.05, 4.69) is 39.0 Å². The lowest BCUT2D eigenvalue weighted by atomic mass is 10.3. The van der Waals surface area contributed by atoms with E-state index in [1.54, 1.807) is 23.1 Å². The quantitative estimate of drug-likeness (QED) is 0.581. The Morgan fingerprint density at radius 2 is 1.95 bits per heavy atom. The second kappa shape index (κ2) is 7.43. The van der Waals surface area contributed by atoms with E-state index >= 15 is 0 Å². The minimum atomic E-state index is 0.0234. The summed E-state index contributed by atoms with van der Waals surface area (Å²) in [6, 6.07) is 15.9. The van der Waals surface area contributed by atoms with Gasteiger partial charge in [0.05, 0.1) is 21.7 Å². The molecule has 0 atom stereocenters. The number of halogens is 1. The molecule has 0 aliphatic heterocycles. The third-order valence-corrected chi connectivity index (χ3v) is 6.05. The zero-order chi connectivity index (χ0) is 15.4. The van der Waals surface area contributed by atoms with Gasteiger partial charge in [-0.3, -0.25) is 4.79 Å². The van der Waals surface area contributed by atoms with Gasteiger partial charge in [0.15, 0.2) is 0 Å². The van der Waals surface area contributed by atoms with Crippen LogP contribution in [0, 0.1) is 3.57 Å². The van der Waals surface area contributed by atoms with Gasteiger partial charge in [-0.15, -0.1) is 23.1 Å². The van der Waals surface area contributed by atoms with E-state index in [0.29, 0.717) is 5.75 Å². The fraction of sp³-hybridized carbons (Fsp3) is 0.125. The average Bonchev–Trinajstić information content (AvgIpc) is 2.92. The van der Waals surface area contributed by atoms with Gasteiger partial charge in [0.2, 0.25) is 5.91 Å². The minimum Gasteiger partial charge on any atom is -0.324 e. The van der Waals surface area contributed by atoms with Crippen molar-refractivity contribution in [3.05, 3.63) is 57.1 Å². The first kappa shape index (κ1) is 15.8. The molecule has 1 N–H and O–H groups in total. The molecular formula is C16H13IN2OS2. The molecule has 0 spiro atoms. The molecule has 0 fully saturated rings. The van der Waals surface area contributed by atoms with Gasteiger partial charge in [0, 0.05) is 9.32 Å². The van der Waals surface area contributed by atoms with Gasteiger partial charge in [-0.05, 0) is 46.9 Å². The summed E-state index contributed by atoms with van der Waals surface area (Å²) in [5, 5.41) is 4.00. The van der Waals surface area contributed by atoms with E-state index in [0.717, 1.165) is 25.5 Å². The summed E-state index contributed by atoms with van der Waals surface area (Å²) in [6.45, 7) is 0. The Morgan fingerprint density at radius 3 is 2.77 bits per heavy atom. The number of para-hydroxylation sites is 2. The predicted molar refractivity (Wildman–Crippen MR) is 104 cm³/mol. The standard InChI is InChI=1S/C16H13IN2OS2/c17-11-5-1-2-6-12(11)18-15(20)9-21-10-16-19-13-7-3-4-8-14(13)22-16/h1-8H,9-10H2,(H,18,20). The molecule has 6 heteroatoms. The first-order chi connectivity index (χ1) is 10.7. The summed E-state index contributed by atoms with van der Waals surface area (Å²) in [5.74, 6) is 1.22. The van der Waals surface area contributed by atoms with Crippen LogP contribution in [0.2, 0.25) is 0 Å². The number of rotatable bonds is 5. The van der Waals surface area contributed by atoms with E-state index in [-0.39, 0.29) is 5.91 Å². The molecule has 22 heavy (non-hydrogen) atoms. The SMILES string of the molecule is O=C(CSCc1nc2ccccc2s1)Nc1ccccc1I. The van der Waals surface area contributed by atoms with Crippen LogP contribution in [0.3, 0.4) is 0 Å². The van der Waals surface area contributed by atoms with Crippen LogP contribution >= 0.6 is 45.7 Å². The number of hydrogen-bond donors (Lipinski definition) is 1. The number of nitrogens with zero attached hydrogens (tertiary/aromatic N) is 1. The van der Waals surface area contributed by atoms with Crippen LogP contribution in [0.25, 0.3) is 10.2 Å². The normalized spacial score (nSPS) is 10.8.